The molecule has 2 heterocycles. The SMILES string of the molecule is COc1c(O)c2c(c(O)c1OC(O)(O)O)C(O)(O)C(O)(O)N1C2(O)CC(=O)C(CC(C)C)C1(O)O. The molecule has 0 spiro atoms. The first-order valence-corrected chi connectivity index (χ1v) is 10.1. The van der Waals surface area contributed by atoms with Crippen LogP contribution in [0.2, 0.25) is 0 Å². The minimum Gasteiger partial charge on any atom is -0.504 e. The summed E-state index contributed by atoms with van der Waals surface area (Å²) >= 11 is 0. The molecule has 1 saturated heterocycles. The van der Waals surface area contributed by atoms with E-state index in [4.69, 9.17) is 20.1 Å². The molecule has 2 aliphatic rings. The number of hydrogen-bond donors (Lipinski definition) is 12. The van der Waals surface area contributed by atoms with Crippen LogP contribution in [0.5, 0.6) is 23.0 Å². The van der Waals surface area contributed by atoms with Crippen LogP contribution in [-0.4, -0.2) is 97.1 Å². The zero-order chi connectivity index (χ0) is 27.1. The van der Waals surface area contributed by atoms with Gasteiger partial charge in [0.15, 0.2) is 17.2 Å². The van der Waals surface area contributed by atoms with Gasteiger partial charge >= 0.3 is 6.16 Å². The van der Waals surface area contributed by atoms with Gasteiger partial charge in [-0.15, -0.1) is 0 Å². The van der Waals surface area contributed by atoms with Gasteiger partial charge in [0.25, 0.3) is 11.7 Å². The van der Waals surface area contributed by atoms with E-state index in [1.807, 2.05) is 0 Å². The Morgan fingerprint density at radius 1 is 0.971 bits per heavy atom. The highest BCUT2D eigenvalue weighted by Gasteiger charge is 2.76. The number of nitrogens with zero attached hydrogens (tertiary/aromatic N) is 1. The Kier molecular flexibility index (Phi) is 6.09. The maximum absolute atomic E-state index is 12.9. The fraction of sp³-hybridized carbons (Fsp3) is 0.632. The number of methoxy groups -OCH3 is 1. The molecule has 0 amide bonds. The Balaban J connectivity index is 2.46. The Bertz CT molecular complexity index is 1040. The molecular formula is C19H27NO15. The number of aromatic hydroxyl groups is 2. The number of ether oxygens (including phenoxy) is 2. The van der Waals surface area contributed by atoms with Crippen LogP contribution in [0.1, 0.15) is 37.8 Å². The molecule has 0 aromatic heterocycles. The Hall–Kier alpha value is -2.35. The summed E-state index contributed by atoms with van der Waals surface area (Å²) in [5.74, 6) is -21.0. The third-order valence-electron chi connectivity index (χ3n) is 6.01. The lowest BCUT2D eigenvalue weighted by Crippen LogP contribution is -2.82. The molecule has 35 heavy (non-hydrogen) atoms. The molecular weight excluding hydrogens is 482 g/mol. The number of aliphatic hydroxyl groups is 10. The van der Waals surface area contributed by atoms with Crippen molar-refractivity contribution in [3.8, 4) is 23.0 Å². The van der Waals surface area contributed by atoms with Crippen molar-refractivity contribution in [3.05, 3.63) is 11.1 Å². The lowest BCUT2D eigenvalue weighted by atomic mass is 9.72. The Labute approximate surface area is 196 Å². The summed E-state index contributed by atoms with van der Waals surface area (Å²) in [4.78, 5) is 12.5. The van der Waals surface area contributed by atoms with E-state index in [1.165, 1.54) is 0 Å². The molecule has 198 valence electrons. The lowest BCUT2D eigenvalue weighted by Gasteiger charge is -2.61. The maximum Gasteiger partial charge on any atom is 0.453 e. The number of hydrogen-bond acceptors (Lipinski definition) is 16. The molecule has 0 bridgehead atoms. The molecule has 2 unspecified atom stereocenters. The van der Waals surface area contributed by atoms with Gasteiger partial charge in [0.2, 0.25) is 17.4 Å². The summed E-state index contributed by atoms with van der Waals surface area (Å²) in [6.07, 6.45) is -5.54. The highest BCUT2D eigenvalue weighted by Crippen LogP contribution is 2.63. The fourth-order valence-corrected chi connectivity index (χ4v) is 4.69. The van der Waals surface area contributed by atoms with Crippen molar-refractivity contribution in [2.75, 3.05) is 7.11 Å². The maximum atomic E-state index is 12.9. The van der Waals surface area contributed by atoms with E-state index in [0.717, 1.165) is 7.11 Å². The number of piperidine rings is 1. The molecule has 16 heteroatoms. The van der Waals surface area contributed by atoms with Crippen LogP contribution >= 0.6 is 0 Å². The Morgan fingerprint density at radius 2 is 1.49 bits per heavy atom. The number of phenolic OH excluding ortho intramolecular Hbond substituents is 2. The normalized spacial score (nSPS) is 27.4. The number of phenols is 2. The topological polar surface area (TPSA) is 282 Å². The monoisotopic (exact) mass is 509 g/mol. The van der Waals surface area contributed by atoms with Gasteiger partial charge in [-0.05, 0) is 12.3 Å². The predicted octanol–water partition coefficient (Wildman–Crippen LogP) is -4.42. The van der Waals surface area contributed by atoms with E-state index < -0.39 is 86.6 Å². The molecule has 1 fully saturated rings. The van der Waals surface area contributed by atoms with Crippen LogP contribution in [0.3, 0.4) is 0 Å². The van der Waals surface area contributed by atoms with Crippen LogP contribution in [-0.2, 0) is 16.3 Å². The van der Waals surface area contributed by atoms with Crippen LogP contribution < -0.4 is 9.47 Å². The second-order valence-electron chi connectivity index (χ2n) is 8.96. The smallest absolute Gasteiger partial charge is 0.453 e. The molecule has 0 aliphatic carbocycles. The molecule has 2 aliphatic heterocycles. The number of carbonyl (C=O) groups excluding carboxylic acids is 1. The molecule has 1 aromatic rings. The van der Waals surface area contributed by atoms with Gasteiger partial charge in [0.1, 0.15) is 5.78 Å². The van der Waals surface area contributed by atoms with Crippen LogP contribution in [0, 0.1) is 11.8 Å². The minimum absolute atomic E-state index is 0.274. The van der Waals surface area contributed by atoms with E-state index in [9.17, 15) is 50.8 Å². The molecule has 2 atom stereocenters. The molecule has 12 N–H and O–H groups in total. The average Bonchev–Trinajstić information content (AvgIpc) is 2.64. The zero-order valence-electron chi connectivity index (χ0n) is 18.6. The molecule has 0 radical (unpaired) electrons. The van der Waals surface area contributed by atoms with Gasteiger partial charge in [-0.3, -0.25) is 4.79 Å². The van der Waals surface area contributed by atoms with Gasteiger partial charge in [0.05, 0.1) is 30.6 Å². The van der Waals surface area contributed by atoms with Crippen molar-refractivity contribution in [1.29, 1.82) is 0 Å². The molecule has 1 aromatic carbocycles. The first-order valence-electron chi connectivity index (χ1n) is 10.1. The van der Waals surface area contributed by atoms with Crippen molar-refractivity contribution in [3.63, 3.8) is 0 Å². The third-order valence-corrected chi connectivity index (χ3v) is 6.01. The van der Waals surface area contributed by atoms with E-state index in [-0.39, 0.29) is 12.3 Å². The van der Waals surface area contributed by atoms with Crippen molar-refractivity contribution >= 4 is 5.78 Å². The standard InChI is InChI=1S/C19H27NO15/c1-6(2)4-7-8(21)5-15(24)9-10(16(25,26)18(29,30)20(15)17(7,27)28)12(23)14(35-19(31,32)33)13(34-3)11(9)22/h6-7,22-33H,4-5H2,1-3H3. The number of ketones is 1. The summed E-state index contributed by atoms with van der Waals surface area (Å²) in [5, 5.41) is 125. The predicted molar refractivity (Wildman–Crippen MR) is 105 cm³/mol. The lowest BCUT2D eigenvalue weighted by molar-refractivity contribution is -0.525. The molecule has 0 saturated carbocycles. The van der Waals surface area contributed by atoms with Crippen molar-refractivity contribution < 1.29 is 75.5 Å². The number of rotatable bonds is 5. The van der Waals surface area contributed by atoms with Gasteiger partial charge < -0.3 is 70.8 Å². The summed E-state index contributed by atoms with van der Waals surface area (Å²) < 4.78 is 9.01. The largest absolute Gasteiger partial charge is 0.504 e. The zero-order valence-corrected chi connectivity index (χ0v) is 18.6. The van der Waals surface area contributed by atoms with E-state index in [0.29, 0.717) is 0 Å². The number of carbonyl (C=O) groups is 1. The fourth-order valence-electron chi connectivity index (χ4n) is 4.69. The number of benzene rings is 1. The van der Waals surface area contributed by atoms with E-state index in [1.54, 1.807) is 13.8 Å². The number of fused-ring (bicyclic) bond motifs is 3. The van der Waals surface area contributed by atoms with Crippen LogP contribution in [0.4, 0.5) is 0 Å². The minimum atomic E-state index is -4.31. The van der Waals surface area contributed by atoms with Gasteiger partial charge in [-0.25, -0.2) is 0 Å². The highest BCUT2D eigenvalue weighted by molar-refractivity contribution is 5.85. The van der Waals surface area contributed by atoms with E-state index >= 15 is 0 Å². The van der Waals surface area contributed by atoms with Crippen molar-refractivity contribution in [2.45, 2.75) is 56.2 Å². The summed E-state index contributed by atoms with van der Waals surface area (Å²) in [6.45, 7) is 3.17. The summed E-state index contributed by atoms with van der Waals surface area (Å²) in [6, 6.07) is 0. The second kappa shape index (κ2) is 7.82. The first kappa shape index (κ1) is 27.2. The van der Waals surface area contributed by atoms with Gasteiger partial charge in [0, 0.05) is 0 Å². The summed E-state index contributed by atoms with van der Waals surface area (Å²) in [7, 11) is 0.812. The second-order valence-corrected chi connectivity index (χ2v) is 8.96. The summed E-state index contributed by atoms with van der Waals surface area (Å²) in [5.41, 5.74) is -6.21. The molecule has 16 nitrogen and oxygen atoms in total. The quantitative estimate of drug-likeness (QED) is 0.132. The average molecular weight is 509 g/mol. The van der Waals surface area contributed by atoms with E-state index in [2.05, 4.69) is 4.74 Å². The number of Topliss-reactive ketones (excluding diaryl/α,β-unsaturated/α-hetero) is 1. The molecule has 3 rings (SSSR count). The van der Waals surface area contributed by atoms with Crippen molar-refractivity contribution in [1.82, 2.24) is 4.90 Å². The highest BCUT2D eigenvalue weighted by atomic mass is 16.9. The van der Waals surface area contributed by atoms with Crippen LogP contribution in [0.25, 0.3) is 0 Å². The van der Waals surface area contributed by atoms with Gasteiger partial charge in [-0.1, -0.05) is 13.8 Å². The van der Waals surface area contributed by atoms with Gasteiger partial charge in [-0.2, -0.15) is 4.90 Å². The first-order chi connectivity index (χ1) is 15.7. The Morgan fingerprint density at radius 3 is 1.94 bits per heavy atom. The van der Waals surface area contributed by atoms with Crippen molar-refractivity contribution in [2.24, 2.45) is 11.8 Å². The third kappa shape index (κ3) is 3.71. The van der Waals surface area contributed by atoms with Crippen LogP contribution in [0.15, 0.2) is 0 Å².